The molecule has 0 aliphatic carbocycles. The Morgan fingerprint density at radius 3 is 2.79 bits per heavy atom. The number of ether oxygens (including phenoxy) is 2. The van der Waals surface area contributed by atoms with E-state index in [0.29, 0.717) is 44.2 Å². The summed E-state index contributed by atoms with van der Waals surface area (Å²) in [6.07, 6.45) is 1.85. The number of thioether (sulfide) groups is 1. The first kappa shape index (κ1) is 21.2. The first-order valence-corrected chi connectivity index (χ1v) is 11.3. The molecule has 1 aliphatic heterocycles. The minimum atomic E-state index is -0.294. The van der Waals surface area contributed by atoms with Gasteiger partial charge >= 0.3 is 0 Å². The first-order valence-electron chi connectivity index (χ1n) is 9.71. The van der Waals surface area contributed by atoms with E-state index in [9.17, 15) is 4.79 Å². The summed E-state index contributed by atoms with van der Waals surface area (Å²) in [5, 5.41) is 12.4. The van der Waals surface area contributed by atoms with Crippen LogP contribution >= 0.6 is 23.4 Å². The minimum Gasteiger partial charge on any atom is -0.454 e. The molecule has 1 amide bonds. The van der Waals surface area contributed by atoms with Gasteiger partial charge in [-0.25, -0.2) is 4.68 Å². The van der Waals surface area contributed by atoms with E-state index < -0.39 is 0 Å². The van der Waals surface area contributed by atoms with Gasteiger partial charge in [-0.3, -0.25) is 4.79 Å². The second-order valence-corrected chi connectivity index (χ2v) is 8.20. The maximum absolute atomic E-state index is 12.5. The molecule has 1 aliphatic rings. The van der Waals surface area contributed by atoms with Crippen molar-refractivity contribution in [2.45, 2.75) is 11.6 Å². The number of carbonyl (C=O) groups is 1. The van der Waals surface area contributed by atoms with Gasteiger partial charge in [0, 0.05) is 16.3 Å². The number of nitrogens with one attached hydrogen (secondary N) is 1. The van der Waals surface area contributed by atoms with Crippen LogP contribution in [0.2, 0.25) is 5.02 Å². The number of benzene rings is 2. The van der Waals surface area contributed by atoms with E-state index in [4.69, 9.17) is 31.3 Å². The number of carbonyl (C=O) groups excluding carboxylic acids is 1. The SMILES string of the molecule is CSc1nn(CC(=O)Nc2ccc(Cl)cc2)c(N)c1-c1nc(-c2ccc3c(c2)OCO3)no1. The summed E-state index contributed by atoms with van der Waals surface area (Å²) in [5.74, 6) is 1.79. The van der Waals surface area contributed by atoms with E-state index >= 15 is 0 Å². The van der Waals surface area contributed by atoms with Crippen LogP contribution in [0.1, 0.15) is 0 Å². The van der Waals surface area contributed by atoms with Gasteiger partial charge in [0.15, 0.2) is 11.5 Å². The Morgan fingerprint density at radius 2 is 2.00 bits per heavy atom. The molecule has 10 nitrogen and oxygen atoms in total. The van der Waals surface area contributed by atoms with Gasteiger partial charge < -0.3 is 25.0 Å². The zero-order valence-electron chi connectivity index (χ0n) is 17.2. The molecule has 0 unspecified atom stereocenters. The number of nitrogens with two attached hydrogens (primary N) is 1. The van der Waals surface area contributed by atoms with Crippen LogP contribution in [-0.4, -0.2) is 38.9 Å². The van der Waals surface area contributed by atoms with Crippen molar-refractivity contribution in [3.8, 4) is 34.3 Å². The Bertz CT molecular complexity index is 1340. The van der Waals surface area contributed by atoms with Crippen molar-refractivity contribution >= 4 is 40.8 Å². The quantitative estimate of drug-likeness (QED) is 0.391. The lowest BCUT2D eigenvalue weighted by molar-refractivity contribution is -0.116. The standard InChI is InChI=1S/C21H17ClN6O4S/c1-33-21-17(18(23)28(26-21)9-16(29)24-13-5-3-12(22)4-6-13)20-25-19(27-32-20)11-2-7-14-15(8-11)31-10-30-14/h2-8H,9-10,23H2,1H3,(H,24,29). The molecule has 0 saturated carbocycles. The highest BCUT2D eigenvalue weighted by atomic mass is 35.5. The van der Waals surface area contributed by atoms with Gasteiger partial charge in [0.05, 0.1) is 0 Å². The maximum Gasteiger partial charge on any atom is 0.264 e. The lowest BCUT2D eigenvalue weighted by Gasteiger charge is -2.06. The Labute approximate surface area is 197 Å². The van der Waals surface area contributed by atoms with E-state index in [0.717, 1.165) is 0 Å². The monoisotopic (exact) mass is 484 g/mol. The molecule has 4 aromatic rings. The molecule has 168 valence electrons. The van der Waals surface area contributed by atoms with Crippen LogP contribution in [0.25, 0.3) is 22.8 Å². The second-order valence-electron chi connectivity index (χ2n) is 6.97. The highest BCUT2D eigenvalue weighted by molar-refractivity contribution is 7.98. The van der Waals surface area contributed by atoms with E-state index in [1.54, 1.807) is 36.4 Å². The third-order valence-electron chi connectivity index (χ3n) is 4.84. The predicted molar refractivity (Wildman–Crippen MR) is 123 cm³/mol. The number of rotatable bonds is 6. The summed E-state index contributed by atoms with van der Waals surface area (Å²) in [7, 11) is 0. The van der Waals surface area contributed by atoms with Gasteiger partial charge in [-0.2, -0.15) is 10.1 Å². The fourth-order valence-corrected chi connectivity index (χ4v) is 3.97. The maximum atomic E-state index is 12.5. The van der Waals surface area contributed by atoms with E-state index in [1.807, 2.05) is 12.3 Å². The number of hydrogen-bond acceptors (Lipinski definition) is 9. The van der Waals surface area contributed by atoms with Gasteiger partial charge in [0.25, 0.3) is 5.89 Å². The second kappa shape index (κ2) is 8.68. The largest absolute Gasteiger partial charge is 0.454 e. The van der Waals surface area contributed by atoms with Gasteiger partial charge in [-0.05, 0) is 48.7 Å². The van der Waals surface area contributed by atoms with Crippen molar-refractivity contribution in [1.29, 1.82) is 0 Å². The summed E-state index contributed by atoms with van der Waals surface area (Å²) in [5.41, 5.74) is 8.11. The molecule has 3 N–H and O–H groups in total. The third kappa shape index (κ3) is 4.20. The van der Waals surface area contributed by atoms with Crippen molar-refractivity contribution < 1.29 is 18.8 Å². The molecule has 2 aromatic heterocycles. The molecule has 0 radical (unpaired) electrons. The molecule has 33 heavy (non-hydrogen) atoms. The van der Waals surface area contributed by atoms with E-state index in [-0.39, 0.29) is 31.0 Å². The summed E-state index contributed by atoms with van der Waals surface area (Å²) < 4.78 is 17.6. The molecule has 0 saturated heterocycles. The number of fused-ring (bicyclic) bond motifs is 1. The van der Waals surface area contributed by atoms with Crippen molar-refractivity contribution in [1.82, 2.24) is 19.9 Å². The highest BCUT2D eigenvalue weighted by Gasteiger charge is 2.24. The fraction of sp³-hybridized carbons (Fsp3) is 0.143. The number of halogens is 1. The van der Waals surface area contributed by atoms with E-state index in [2.05, 4.69) is 20.6 Å². The summed E-state index contributed by atoms with van der Waals surface area (Å²) in [6, 6.07) is 12.2. The number of nitrogen functional groups attached to an aromatic ring is 1. The number of hydrogen-bond donors (Lipinski definition) is 2. The summed E-state index contributed by atoms with van der Waals surface area (Å²) >= 11 is 7.24. The molecule has 2 aromatic carbocycles. The molecule has 0 fully saturated rings. The Kier molecular flexibility index (Phi) is 5.56. The van der Waals surface area contributed by atoms with Crippen LogP contribution in [-0.2, 0) is 11.3 Å². The Morgan fingerprint density at radius 1 is 1.21 bits per heavy atom. The van der Waals surface area contributed by atoms with Crippen LogP contribution in [0.5, 0.6) is 11.5 Å². The van der Waals surface area contributed by atoms with E-state index in [1.165, 1.54) is 16.4 Å². The van der Waals surface area contributed by atoms with Crippen LogP contribution in [0.4, 0.5) is 11.5 Å². The summed E-state index contributed by atoms with van der Waals surface area (Å²) in [6.45, 7) is 0.0832. The Hall–Kier alpha value is -3.70. The third-order valence-corrected chi connectivity index (χ3v) is 5.77. The lowest BCUT2D eigenvalue weighted by Crippen LogP contribution is -2.20. The first-order chi connectivity index (χ1) is 16.0. The van der Waals surface area contributed by atoms with Gasteiger partial charge in [-0.15, -0.1) is 11.8 Å². The average Bonchev–Trinajstić information content (AvgIpc) is 3.54. The molecule has 0 spiro atoms. The Balaban J connectivity index is 1.39. The minimum absolute atomic E-state index is 0.0921. The predicted octanol–water partition coefficient (Wildman–Crippen LogP) is 3.93. The van der Waals surface area contributed by atoms with Crippen molar-refractivity contribution in [2.24, 2.45) is 0 Å². The molecule has 5 rings (SSSR count). The number of aromatic nitrogens is 4. The van der Waals surface area contributed by atoms with Crippen molar-refractivity contribution in [2.75, 3.05) is 24.1 Å². The number of nitrogens with zero attached hydrogens (tertiary/aromatic N) is 4. The van der Waals surface area contributed by atoms with Crippen molar-refractivity contribution in [3.05, 3.63) is 47.5 Å². The van der Waals surface area contributed by atoms with Crippen LogP contribution < -0.4 is 20.5 Å². The molecule has 0 atom stereocenters. The smallest absolute Gasteiger partial charge is 0.264 e. The van der Waals surface area contributed by atoms with Gasteiger partial charge in [0.1, 0.15) is 23.0 Å². The molecule has 3 heterocycles. The zero-order chi connectivity index (χ0) is 22.9. The zero-order valence-corrected chi connectivity index (χ0v) is 18.8. The molecule has 0 bridgehead atoms. The highest BCUT2D eigenvalue weighted by Crippen LogP contribution is 2.37. The van der Waals surface area contributed by atoms with Crippen LogP contribution in [0.15, 0.2) is 52.0 Å². The summed E-state index contributed by atoms with van der Waals surface area (Å²) in [4.78, 5) is 17.0. The average molecular weight is 485 g/mol. The topological polar surface area (TPSA) is 130 Å². The fourth-order valence-electron chi connectivity index (χ4n) is 3.26. The molecular formula is C21H17ClN6O4S. The molecule has 12 heteroatoms. The van der Waals surface area contributed by atoms with Crippen LogP contribution in [0.3, 0.4) is 0 Å². The normalized spacial score (nSPS) is 12.2. The van der Waals surface area contributed by atoms with Gasteiger partial charge in [-0.1, -0.05) is 16.8 Å². The number of amides is 1. The number of anilines is 2. The lowest BCUT2D eigenvalue weighted by atomic mass is 10.2. The molecular weight excluding hydrogens is 468 g/mol. The van der Waals surface area contributed by atoms with Gasteiger partial charge in [0.2, 0.25) is 18.5 Å². The van der Waals surface area contributed by atoms with Crippen LogP contribution in [0, 0.1) is 0 Å². The van der Waals surface area contributed by atoms with Crippen molar-refractivity contribution in [3.63, 3.8) is 0 Å².